The Hall–Kier alpha value is -2.90. The van der Waals surface area contributed by atoms with Crippen LogP contribution in [0.3, 0.4) is 0 Å². The third-order valence-corrected chi connectivity index (χ3v) is 3.31. The fraction of sp³-hybridized carbons (Fsp3) is 0.353. The quantitative estimate of drug-likeness (QED) is 0.759. The van der Waals surface area contributed by atoms with Crippen molar-refractivity contribution in [2.24, 2.45) is 5.92 Å². The molecule has 1 unspecified atom stereocenters. The van der Waals surface area contributed by atoms with Gasteiger partial charge in [0.2, 0.25) is 0 Å². The van der Waals surface area contributed by atoms with E-state index in [0.29, 0.717) is 6.42 Å². The van der Waals surface area contributed by atoms with E-state index >= 15 is 0 Å². The Bertz CT molecular complexity index is 744. The lowest BCUT2D eigenvalue weighted by atomic mass is 10.0. The van der Waals surface area contributed by atoms with E-state index in [1.54, 1.807) is 6.07 Å². The number of carboxylic acids is 1. The summed E-state index contributed by atoms with van der Waals surface area (Å²) in [7, 11) is 0. The third-order valence-electron chi connectivity index (χ3n) is 3.31. The fourth-order valence-corrected chi connectivity index (χ4v) is 2.12. The van der Waals surface area contributed by atoms with Crippen LogP contribution in [0.4, 0.5) is 4.39 Å². The Morgan fingerprint density at radius 1 is 1.36 bits per heavy atom. The maximum absolute atomic E-state index is 13.5. The molecule has 2 aromatic rings. The van der Waals surface area contributed by atoms with Crippen LogP contribution in [0.25, 0.3) is 0 Å². The molecule has 134 valence electrons. The molecule has 1 aromatic carbocycles. The predicted molar refractivity (Wildman–Crippen MR) is 85.6 cm³/mol. The highest BCUT2D eigenvalue weighted by Gasteiger charge is 2.23. The number of carbonyl (C=O) groups is 2. The highest BCUT2D eigenvalue weighted by atomic mass is 19.1. The lowest BCUT2D eigenvalue weighted by Gasteiger charge is -2.15. The van der Waals surface area contributed by atoms with Gasteiger partial charge in [0, 0.05) is 6.07 Å². The average molecular weight is 350 g/mol. The molecule has 25 heavy (non-hydrogen) atoms. The van der Waals surface area contributed by atoms with Gasteiger partial charge in [-0.1, -0.05) is 31.1 Å². The molecule has 7 nitrogen and oxygen atoms in total. The number of nitrogens with one attached hydrogen (secondary N) is 1. The van der Waals surface area contributed by atoms with Crippen molar-refractivity contribution in [1.82, 2.24) is 10.5 Å². The van der Waals surface area contributed by atoms with E-state index in [1.807, 2.05) is 13.8 Å². The van der Waals surface area contributed by atoms with Crippen molar-refractivity contribution in [3.05, 3.63) is 47.6 Å². The molecule has 0 aliphatic carbocycles. The van der Waals surface area contributed by atoms with E-state index in [2.05, 4.69) is 10.5 Å². The van der Waals surface area contributed by atoms with E-state index in [-0.39, 0.29) is 29.7 Å². The molecular weight excluding hydrogens is 331 g/mol. The normalized spacial score (nSPS) is 12.0. The summed E-state index contributed by atoms with van der Waals surface area (Å²) < 4.78 is 23.7. The number of ether oxygens (including phenoxy) is 1. The SMILES string of the molecule is CC(C)CC(NC(=O)c1cc(COc2ccccc2F)on1)C(=O)O. The number of aliphatic carboxylic acids is 1. The van der Waals surface area contributed by atoms with Gasteiger partial charge < -0.3 is 19.7 Å². The summed E-state index contributed by atoms with van der Waals surface area (Å²) in [4.78, 5) is 23.3. The number of nitrogens with zero attached hydrogens (tertiary/aromatic N) is 1. The minimum Gasteiger partial charge on any atom is -0.482 e. The molecular formula is C17H19FN2O5. The van der Waals surface area contributed by atoms with E-state index in [0.717, 1.165) is 0 Å². The van der Waals surface area contributed by atoms with E-state index in [1.165, 1.54) is 24.3 Å². The number of rotatable bonds is 8. The molecule has 1 heterocycles. The summed E-state index contributed by atoms with van der Waals surface area (Å²) in [5.41, 5.74) is -0.0675. The Kier molecular flexibility index (Phi) is 6.10. The van der Waals surface area contributed by atoms with Crippen LogP contribution in [0, 0.1) is 11.7 Å². The first-order valence-corrected chi connectivity index (χ1v) is 7.73. The van der Waals surface area contributed by atoms with Crippen LogP contribution in [0.5, 0.6) is 5.75 Å². The van der Waals surface area contributed by atoms with Gasteiger partial charge in [0.1, 0.15) is 12.6 Å². The highest BCUT2D eigenvalue weighted by molar-refractivity contribution is 5.94. The number of benzene rings is 1. The molecule has 2 rings (SSSR count). The number of hydrogen-bond donors (Lipinski definition) is 2. The first kappa shape index (κ1) is 18.4. The molecule has 0 spiro atoms. The second kappa shape index (κ2) is 8.27. The summed E-state index contributed by atoms with van der Waals surface area (Å²) in [5, 5.41) is 15.1. The second-order valence-electron chi connectivity index (χ2n) is 5.89. The number of hydrogen-bond acceptors (Lipinski definition) is 5. The van der Waals surface area contributed by atoms with Crippen LogP contribution in [0.15, 0.2) is 34.9 Å². The van der Waals surface area contributed by atoms with Gasteiger partial charge in [-0.15, -0.1) is 0 Å². The maximum atomic E-state index is 13.5. The first-order valence-electron chi connectivity index (χ1n) is 7.73. The van der Waals surface area contributed by atoms with Crippen LogP contribution >= 0.6 is 0 Å². The van der Waals surface area contributed by atoms with Gasteiger partial charge >= 0.3 is 5.97 Å². The molecule has 0 aliphatic heterocycles. The molecule has 1 atom stereocenters. The molecule has 0 aliphatic rings. The molecule has 0 saturated heterocycles. The van der Waals surface area contributed by atoms with E-state index < -0.39 is 23.7 Å². The van der Waals surface area contributed by atoms with E-state index in [9.17, 15) is 14.0 Å². The zero-order valence-corrected chi connectivity index (χ0v) is 13.9. The van der Waals surface area contributed by atoms with Crippen LogP contribution in [-0.2, 0) is 11.4 Å². The van der Waals surface area contributed by atoms with Crippen LogP contribution in [0.2, 0.25) is 0 Å². The van der Waals surface area contributed by atoms with Crippen molar-refractivity contribution in [3.63, 3.8) is 0 Å². The number of para-hydroxylation sites is 1. The van der Waals surface area contributed by atoms with Gasteiger partial charge in [0.25, 0.3) is 5.91 Å². The van der Waals surface area contributed by atoms with Crippen LogP contribution in [-0.4, -0.2) is 28.2 Å². The summed E-state index contributed by atoms with van der Waals surface area (Å²) in [6.45, 7) is 3.60. The molecule has 0 bridgehead atoms. The van der Waals surface area contributed by atoms with Gasteiger partial charge in [-0.3, -0.25) is 4.79 Å². The minimum absolute atomic E-state index is 0.0489. The van der Waals surface area contributed by atoms with Crippen molar-refractivity contribution >= 4 is 11.9 Å². The second-order valence-corrected chi connectivity index (χ2v) is 5.89. The molecule has 0 radical (unpaired) electrons. The van der Waals surface area contributed by atoms with E-state index in [4.69, 9.17) is 14.4 Å². The summed E-state index contributed by atoms with van der Waals surface area (Å²) in [6, 6.07) is 6.19. The summed E-state index contributed by atoms with van der Waals surface area (Å²) in [5.74, 6) is -1.93. The Labute approximate surface area is 143 Å². The Morgan fingerprint density at radius 2 is 2.08 bits per heavy atom. The van der Waals surface area contributed by atoms with Gasteiger partial charge in [-0.2, -0.15) is 0 Å². The first-order chi connectivity index (χ1) is 11.9. The topological polar surface area (TPSA) is 102 Å². The van der Waals surface area contributed by atoms with Gasteiger partial charge in [0.15, 0.2) is 23.0 Å². The third kappa shape index (κ3) is 5.30. The molecule has 1 amide bonds. The van der Waals surface area contributed by atoms with Crippen molar-refractivity contribution in [3.8, 4) is 5.75 Å². The minimum atomic E-state index is -1.12. The number of carbonyl (C=O) groups excluding carboxylic acids is 1. The number of amides is 1. The zero-order chi connectivity index (χ0) is 18.4. The monoisotopic (exact) mass is 350 g/mol. The maximum Gasteiger partial charge on any atom is 0.326 e. The lowest BCUT2D eigenvalue weighted by Crippen LogP contribution is -2.41. The van der Waals surface area contributed by atoms with Crippen LogP contribution in [0.1, 0.15) is 36.5 Å². The fourth-order valence-electron chi connectivity index (χ4n) is 2.12. The number of carboxylic acid groups (broad SMARTS) is 1. The molecule has 8 heteroatoms. The standard InChI is InChI=1S/C17H19FN2O5/c1-10(2)7-14(17(22)23)19-16(21)13-8-11(25-20-13)9-24-15-6-4-3-5-12(15)18/h3-6,8,10,14H,7,9H2,1-2H3,(H,19,21)(H,22,23). The van der Waals surface area contributed by atoms with Gasteiger partial charge in [-0.05, 0) is 24.5 Å². The molecule has 0 fully saturated rings. The zero-order valence-electron chi connectivity index (χ0n) is 13.9. The van der Waals surface area contributed by atoms with Gasteiger partial charge in [-0.25, -0.2) is 9.18 Å². The van der Waals surface area contributed by atoms with Gasteiger partial charge in [0.05, 0.1) is 0 Å². The van der Waals surface area contributed by atoms with Crippen LogP contribution < -0.4 is 10.1 Å². The summed E-state index contributed by atoms with van der Waals surface area (Å²) in [6.07, 6.45) is 0.294. The molecule has 2 N–H and O–H groups in total. The molecule has 1 aromatic heterocycles. The number of halogens is 1. The smallest absolute Gasteiger partial charge is 0.326 e. The number of aromatic nitrogens is 1. The highest BCUT2D eigenvalue weighted by Crippen LogP contribution is 2.17. The van der Waals surface area contributed by atoms with Crippen molar-refractivity contribution in [1.29, 1.82) is 0 Å². The Morgan fingerprint density at radius 3 is 2.72 bits per heavy atom. The average Bonchev–Trinajstić information content (AvgIpc) is 3.02. The van der Waals surface area contributed by atoms with Crippen molar-refractivity contribution < 1.29 is 28.3 Å². The van der Waals surface area contributed by atoms with Crippen molar-refractivity contribution in [2.45, 2.75) is 32.9 Å². The predicted octanol–water partition coefficient (Wildman–Crippen LogP) is 2.62. The van der Waals surface area contributed by atoms with Crippen molar-refractivity contribution in [2.75, 3.05) is 0 Å². The molecule has 0 saturated carbocycles. The Balaban J connectivity index is 1.96. The lowest BCUT2D eigenvalue weighted by molar-refractivity contribution is -0.139. The largest absolute Gasteiger partial charge is 0.482 e. The summed E-state index contributed by atoms with van der Waals surface area (Å²) >= 11 is 0.